The summed E-state index contributed by atoms with van der Waals surface area (Å²) in [7, 11) is 1.61. The number of likely N-dealkylation sites (N-methyl/N-ethyl adjacent to an activating group) is 1. The lowest BCUT2D eigenvalue weighted by atomic mass is 10.0. The van der Waals surface area contributed by atoms with Gasteiger partial charge >= 0.3 is 0 Å². The topological polar surface area (TPSA) is 76.7 Å². The first-order valence-electron chi connectivity index (χ1n) is 12.0. The maximum atomic E-state index is 12.0. The van der Waals surface area contributed by atoms with Gasteiger partial charge in [-0.2, -0.15) is 0 Å². The third-order valence-corrected chi connectivity index (χ3v) is 5.34. The van der Waals surface area contributed by atoms with Crippen molar-refractivity contribution in [1.29, 1.82) is 0 Å². The minimum Gasteiger partial charge on any atom is -0.494 e. The van der Waals surface area contributed by atoms with Crippen LogP contribution in [0.4, 0.5) is 0 Å². The Morgan fingerprint density at radius 3 is 2.18 bits per heavy atom. The van der Waals surface area contributed by atoms with Crippen LogP contribution in [0, 0.1) is 0 Å². The molecule has 180 valence electrons. The second kappa shape index (κ2) is 16.7. The molecule has 2 aromatic rings. The molecular formula is C27H38N2O4. The first-order valence-corrected chi connectivity index (χ1v) is 12.0. The molecule has 0 aliphatic heterocycles. The summed E-state index contributed by atoms with van der Waals surface area (Å²) in [6.07, 6.45) is 7.19. The van der Waals surface area contributed by atoms with Gasteiger partial charge in [-0.25, -0.2) is 0 Å². The number of hydrogen-bond acceptors (Lipinski definition) is 4. The van der Waals surface area contributed by atoms with Gasteiger partial charge in [0.1, 0.15) is 12.4 Å². The smallest absolute Gasteiger partial charge is 0.245 e. The summed E-state index contributed by atoms with van der Waals surface area (Å²) in [6.45, 7) is 2.09. The molecular weight excluding hydrogens is 416 g/mol. The van der Waals surface area contributed by atoms with E-state index in [1.54, 1.807) is 7.05 Å². The van der Waals surface area contributed by atoms with E-state index in [-0.39, 0.29) is 18.4 Å². The Bertz CT molecular complexity index is 794. The zero-order valence-corrected chi connectivity index (χ0v) is 19.8. The van der Waals surface area contributed by atoms with Gasteiger partial charge in [0, 0.05) is 26.6 Å². The van der Waals surface area contributed by atoms with E-state index in [0.717, 1.165) is 50.7 Å². The van der Waals surface area contributed by atoms with E-state index >= 15 is 0 Å². The molecule has 33 heavy (non-hydrogen) atoms. The molecule has 6 heteroatoms. The maximum absolute atomic E-state index is 12.0. The number of nitrogens with one attached hydrogen (secondary N) is 2. The van der Waals surface area contributed by atoms with Crippen molar-refractivity contribution in [2.24, 2.45) is 0 Å². The van der Waals surface area contributed by atoms with Gasteiger partial charge in [0.2, 0.25) is 11.8 Å². The van der Waals surface area contributed by atoms with Crippen LogP contribution in [0.5, 0.6) is 5.75 Å². The highest BCUT2D eigenvalue weighted by Crippen LogP contribution is 2.10. The van der Waals surface area contributed by atoms with Crippen molar-refractivity contribution >= 4 is 11.8 Å². The third kappa shape index (κ3) is 12.7. The number of ether oxygens (including phenoxy) is 2. The second-order valence-corrected chi connectivity index (χ2v) is 8.07. The van der Waals surface area contributed by atoms with E-state index < -0.39 is 0 Å². The number of unbranched alkanes of at least 4 members (excludes halogenated alkanes) is 3. The minimum absolute atomic E-state index is 0.0913. The predicted molar refractivity (Wildman–Crippen MR) is 131 cm³/mol. The van der Waals surface area contributed by atoms with E-state index in [9.17, 15) is 9.59 Å². The lowest BCUT2D eigenvalue weighted by molar-refractivity contribution is -0.125. The van der Waals surface area contributed by atoms with Crippen molar-refractivity contribution in [3.8, 4) is 5.75 Å². The highest BCUT2D eigenvalue weighted by Gasteiger charge is 2.02. The largest absolute Gasteiger partial charge is 0.494 e. The van der Waals surface area contributed by atoms with Gasteiger partial charge in [-0.3, -0.25) is 9.59 Å². The molecule has 0 fully saturated rings. The van der Waals surface area contributed by atoms with Crippen molar-refractivity contribution in [3.05, 3.63) is 65.7 Å². The summed E-state index contributed by atoms with van der Waals surface area (Å²) in [5.74, 6) is 0.924. The first-order chi connectivity index (χ1) is 16.2. The zero-order chi connectivity index (χ0) is 23.6. The van der Waals surface area contributed by atoms with Crippen LogP contribution in [0.25, 0.3) is 0 Å². The van der Waals surface area contributed by atoms with Crippen LogP contribution >= 0.6 is 0 Å². The molecule has 0 aromatic heterocycles. The Kier molecular flexibility index (Phi) is 13.4. The Morgan fingerprint density at radius 1 is 0.758 bits per heavy atom. The van der Waals surface area contributed by atoms with Gasteiger partial charge in [0.05, 0.1) is 6.61 Å². The molecule has 0 bridgehead atoms. The molecule has 0 saturated carbocycles. The standard InChI is InChI=1S/C27H38N2O4/c1-28-27(31)22-32-20-9-7-10-23-14-16-24(17-15-23)18-19-29-26(30)13-6-3-8-21-33-25-11-4-2-5-12-25/h2,4-5,11-12,14-17H,3,6-10,13,18-22H2,1H3,(H,28,31)(H,29,30). The molecule has 0 aliphatic carbocycles. The number of carbonyl (C=O) groups excluding carboxylic acids is 2. The van der Waals surface area contributed by atoms with Gasteiger partial charge in [-0.05, 0) is 68.2 Å². The van der Waals surface area contributed by atoms with Crippen LogP contribution in [-0.4, -0.2) is 45.2 Å². The highest BCUT2D eigenvalue weighted by molar-refractivity contribution is 5.76. The minimum atomic E-state index is -0.0913. The molecule has 0 unspecified atom stereocenters. The number of carbonyl (C=O) groups is 2. The van der Waals surface area contributed by atoms with Crippen molar-refractivity contribution in [2.75, 3.05) is 33.4 Å². The van der Waals surface area contributed by atoms with Gasteiger partial charge in [0.25, 0.3) is 0 Å². The average Bonchev–Trinajstić information content (AvgIpc) is 2.84. The summed E-state index contributed by atoms with van der Waals surface area (Å²) < 4.78 is 11.0. The summed E-state index contributed by atoms with van der Waals surface area (Å²) in [5, 5.41) is 5.55. The Hall–Kier alpha value is -2.86. The first kappa shape index (κ1) is 26.4. The molecule has 2 rings (SSSR count). The number of amides is 2. The summed E-state index contributed by atoms with van der Waals surface area (Å²) in [4.78, 5) is 23.1. The molecule has 0 saturated heterocycles. The van der Waals surface area contributed by atoms with Gasteiger partial charge in [0.15, 0.2) is 0 Å². The molecule has 0 radical (unpaired) electrons. The summed E-state index contributed by atoms with van der Waals surface area (Å²) in [5.41, 5.74) is 2.52. The van der Waals surface area contributed by atoms with Gasteiger partial charge in [-0.15, -0.1) is 0 Å². The summed E-state index contributed by atoms with van der Waals surface area (Å²) >= 11 is 0. The molecule has 0 spiro atoms. The Morgan fingerprint density at radius 2 is 1.45 bits per heavy atom. The van der Waals surface area contributed by atoms with E-state index in [1.807, 2.05) is 30.3 Å². The molecule has 2 aromatic carbocycles. The maximum Gasteiger partial charge on any atom is 0.245 e. The molecule has 0 aliphatic rings. The third-order valence-electron chi connectivity index (χ3n) is 5.34. The quantitative estimate of drug-likeness (QED) is 0.353. The normalized spacial score (nSPS) is 10.6. The van der Waals surface area contributed by atoms with Crippen LogP contribution in [0.3, 0.4) is 0 Å². The van der Waals surface area contributed by atoms with Crippen LogP contribution in [0.2, 0.25) is 0 Å². The van der Waals surface area contributed by atoms with Gasteiger partial charge < -0.3 is 20.1 Å². The fourth-order valence-electron chi connectivity index (χ4n) is 3.35. The van der Waals surface area contributed by atoms with E-state index in [0.29, 0.717) is 26.2 Å². The van der Waals surface area contributed by atoms with Crippen LogP contribution in [0.15, 0.2) is 54.6 Å². The zero-order valence-electron chi connectivity index (χ0n) is 19.8. The monoisotopic (exact) mass is 454 g/mol. The van der Waals surface area contributed by atoms with Crippen LogP contribution in [-0.2, 0) is 27.2 Å². The molecule has 2 N–H and O–H groups in total. The average molecular weight is 455 g/mol. The lowest BCUT2D eigenvalue weighted by Gasteiger charge is -2.08. The van der Waals surface area contributed by atoms with Crippen molar-refractivity contribution in [2.45, 2.75) is 51.4 Å². The number of para-hydroxylation sites is 1. The molecule has 6 nitrogen and oxygen atoms in total. The fraction of sp³-hybridized carbons (Fsp3) is 0.481. The molecule has 0 atom stereocenters. The molecule has 2 amide bonds. The SMILES string of the molecule is CNC(=O)COCCCCc1ccc(CCNC(=O)CCCCCOc2ccccc2)cc1. The van der Waals surface area contributed by atoms with Crippen LogP contribution in [0.1, 0.15) is 49.7 Å². The molecule has 0 heterocycles. The number of hydrogen-bond donors (Lipinski definition) is 2. The van der Waals surface area contributed by atoms with Crippen LogP contribution < -0.4 is 15.4 Å². The lowest BCUT2D eigenvalue weighted by Crippen LogP contribution is -2.25. The number of benzene rings is 2. The number of aryl methyl sites for hydroxylation is 1. The predicted octanol–water partition coefficient (Wildman–Crippen LogP) is 4.07. The fourth-order valence-corrected chi connectivity index (χ4v) is 3.35. The Labute approximate surface area is 198 Å². The number of rotatable bonds is 17. The second-order valence-electron chi connectivity index (χ2n) is 8.07. The summed E-state index contributed by atoms with van der Waals surface area (Å²) in [6, 6.07) is 18.4. The van der Waals surface area contributed by atoms with Crippen molar-refractivity contribution in [1.82, 2.24) is 10.6 Å². The highest BCUT2D eigenvalue weighted by atomic mass is 16.5. The van der Waals surface area contributed by atoms with E-state index in [4.69, 9.17) is 9.47 Å². The Balaban J connectivity index is 1.46. The van der Waals surface area contributed by atoms with E-state index in [1.165, 1.54) is 11.1 Å². The van der Waals surface area contributed by atoms with E-state index in [2.05, 4.69) is 34.9 Å². The van der Waals surface area contributed by atoms with Crippen molar-refractivity contribution < 1.29 is 19.1 Å². The van der Waals surface area contributed by atoms with Crippen molar-refractivity contribution in [3.63, 3.8) is 0 Å². The van der Waals surface area contributed by atoms with Gasteiger partial charge in [-0.1, -0.05) is 42.5 Å².